The van der Waals surface area contributed by atoms with Crippen LogP contribution in [0.2, 0.25) is 10.0 Å². The van der Waals surface area contributed by atoms with Gasteiger partial charge in [0.1, 0.15) is 5.82 Å². The van der Waals surface area contributed by atoms with Gasteiger partial charge < -0.3 is 5.32 Å². The molecule has 3 rings (SSSR count). The zero-order valence-electron chi connectivity index (χ0n) is 11.0. The number of benzene rings is 2. The number of halogens is 4. The minimum Gasteiger partial charge on any atom is -0.382 e. The Labute approximate surface area is 131 Å². The van der Waals surface area contributed by atoms with Crippen molar-refractivity contribution < 1.29 is 8.78 Å². The van der Waals surface area contributed by atoms with Gasteiger partial charge in [0, 0.05) is 11.7 Å². The summed E-state index contributed by atoms with van der Waals surface area (Å²) in [4.78, 5) is 0. The van der Waals surface area contributed by atoms with Gasteiger partial charge in [0.2, 0.25) is 0 Å². The highest BCUT2D eigenvalue weighted by molar-refractivity contribution is 6.35. The molecule has 1 N–H and O–H groups in total. The molecule has 1 fully saturated rings. The minimum atomic E-state index is -0.602. The molecule has 5 heteroatoms. The average molecular weight is 328 g/mol. The predicted molar refractivity (Wildman–Crippen MR) is 82.2 cm³/mol. The van der Waals surface area contributed by atoms with Crippen LogP contribution in [-0.4, -0.2) is 6.04 Å². The third-order valence-corrected chi connectivity index (χ3v) is 4.36. The first-order valence-electron chi connectivity index (χ1n) is 6.69. The molecule has 1 saturated carbocycles. The predicted octanol–water partition coefficient (Wildman–Crippen LogP) is 5.63. The van der Waals surface area contributed by atoms with E-state index in [0.717, 1.165) is 18.4 Å². The van der Waals surface area contributed by atoms with Crippen LogP contribution in [0.15, 0.2) is 36.4 Å². The standard InChI is InChI=1S/C16H13Cl2F2N/c17-14-7-13(8-15(18)16(14)20)21-12-5-10(6-12)9-2-1-3-11(19)4-9/h1-4,7-8,10,12,21H,5-6H2. The Morgan fingerprint density at radius 2 is 1.67 bits per heavy atom. The Hall–Kier alpha value is -1.32. The van der Waals surface area contributed by atoms with Crippen molar-refractivity contribution in [2.45, 2.75) is 24.8 Å². The Balaban J connectivity index is 1.62. The summed E-state index contributed by atoms with van der Waals surface area (Å²) in [5.41, 5.74) is 1.72. The van der Waals surface area contributed by atoms with Gasteiger partial charge in [-0.1, -0.05) is 35.3 Å². The third-order valence-electron chi connectivity index (χ3n) is 3.81. The molecule has 0 aliphatic heterocycles. The van der Waals surface area contributed by atoms with Crippen LogP contribution >= 0.6 is 23.2 Å². The van der Waals surface area contributed by atoms with E-state index in [9.17, 15) is 8.78 Å². The zero-order valence-corrected chi connectivity index (χ0v) is 12.6. The highest BCUT2D eigenvalue weighted by Gasteiger charge is 2.30. The smallest absolute Gasteiger partial charge is 0.160 e. The molecule has 0 bridgehead atoms. The normalized spacial score (nSPS) is 21.0. The van der Waals surface area contributed by atoms with Crippen molar-refractivity contribution >= 4 is 28.9 Å². The van der Waals surface area contributed by atoms with Crippen LogP contribution in [0.1, 0.15) is 24.3 Å². The van der Waals surface area contributed by atoms with Crippen LogP contribution in [0.4, 0.5) is 14.5 Å². The number of anilines is 1. The number of rotatable bonds is 3. The molecule has 2 aromatic carbocycles. The highest BCUT2D eigenvalue weighted by Crippen LogP contribution is 2.39. The topological polar surface area (TPSA) is 12.0 Å². The molecule has 1 nitrogen and oxygen atoms in total. The molecule has 0 saturated heterocycles. The summed E-state index contributed by atoms with van der Waals surface area (Å²) >= 11 is 11.5. The first kappa shape index (κ1) is 14.6. The zero-order chi connectivity index (χ0) is 15.0. The molecule has 0 amide bonds. The molecule has 0 radical (unpaired) electrons. The highest BCUT2D eigenvalue weighted by atomic mass is 35.5. The fourth-order valence-corrected chi connectivity index (χ4v) is 3.13. The molecule has 2 aromatic rings. The van der Waals surface area contributed by atoms with Crippen molar-refractivity contribution in [2.75, 3.05) is 5.32 Å². The summed E-state index contributed by atoms with van der Waals surface area (Å²) in [6, 6.07) is 10.0. The molecule has 1 aliphatic rings. The van der Waals surface area contributed by atoms with E-state index in [1.54, 1.807) is 12.1 Å². The van der Waals surface area contributed by atoms with Gasteiger partial charge in [-0.25, -0.2) is 8.78 Å². The summed E-state index contributed by atoms with van der Waals surface area (Å²) in [5.74, 6) is -0.458. The summed E-state index contributed by atoms with van der Waals surface area (Å²) in [6.07, 6.45) is 1.80. The van der Waals surface area contributed by atoms with E-state index >= 15 is 0 Å². The van der Waals surface area contributed by atoms with Crippen molar-refractivity contribution in [3.8, 4) is 0 Å². The molecule has 0 spiro atoms. The second kappa shape index (κ2) is 5.82. The van der Waals surface area contributed by atoms with E-state index in [4.69, 9.17) is 23.2 Å². The van der Waals surface area contributed by atoms with Crippen molar-refractivity contribution in [1.82, 2.24) is 0 Å². The minimum absolute atomic E-state index is 0.00556. The van der Waals surface area contributed by atoms with E-state index in [2.05, 4.69) is 5.32 Å². The van der Waals surface area contributed by atoms with Crippen LogP contribution < -0.4 is 5.32 Å². The van der Waals surface area contributed by atoms with Gasteiger partial charge in [-0.15, -0.1) is 0 Å². The third kappa shape index (κ3) is 3.14. The second-order valence-corrected chi connectivity index (χ2v) is 6.13. The van der Waals surface area contributed by atoms with Crippen molar-refractivity contribution in [1.29, 1.82) is 0 Å². The lowest BCUT2D eigenvalue weighted by molar-refractivity contribution is 0.373. The average Bonchev–Trinajstić information content (AvgIpc) is 2.39. The van der Waals surface area contributed by atoms with Crippen molar-refractivity contribution in [2.24, 2.45) is 0 Å². The quantitative estimate of drug-likeness (QED) is 0.720. The maximum Gasteiger partial charge on any atom is 0.160 e. The van der Waals surface area contributed by atoms with Gasteiger partial charge in [0.05, 0.1) is 10.0 Å². The first-order valence-corrected chi connectivity index (χ1v) is 7.45. The SMILES string of the molecule is Fc1cccc(C2CC(Nc3cc(Cl)c(F)c(Cl)c3)C2)c1. The fraction of sp³-hybridized carbons (Fsp3) is 0.250. The van der Waals surface area contributed by atoms with Crippen molar-refractivity contribution in [3.05, 3.63) is 63.6 Å². The Kier molecular flexibility index (Phi) is 4.05. The van der Waals surface area contributed by atoms with E-state index in [-0.39, 0.29) is 21.9 Å². The van der Waals surface area contributed by atoms with Gasteiger partial charge in [-0.2, -0.15) is 0 Å². The largest absolute Gasteiger partial charge is 0.382 e. The molecular formula is C16H13Cl2F2N. The van der Waals surface area contributed by atoms with Crippen LogP contribution in [0, 0.1) is 11.6 Å². The molecule has 0 atom stereocenters. The molecule has 0 aromatic heterocycles. The van der Waals surface area contributed by atoms with Crippen LogP contribution in [0.3, 0.4) is 0 Å². The van der Waals surface area contributed by atoms with Crippen molar-refractivity contribution in [3.63, 3.8) is 0 Å². The Morgan fingerprint density at radius 3 is 2.29 bits per heavy atom. The summed E-state index contributed by atoms with van der Waals surface area (Å²) in [7, 11) is 0. The number of hydrogen-bond acceptors (Lipinski definition) is 1. The fourth-order valence-electron chi connectivity index (χ4n) is 2.64. The van der Waals surface area contributed by atoms with Crippen LogP contribution in [0.25, 0.3) is 0 Å². The molecule has 0 heterocycles. The lowest BCUT2D eigenvalue weighted by Gasteiger charge is -2.37. The molecule has 21 heavy (non-hydrogen) atoms. The Morgan fingerprint density at radius 1 is 1.00 bits per heavy atom. The van der Waals surface area contributed by atoms with Gasteiger partial charge in [-0.05, 0) is 48.6 Å². The monoisotopic (exact) mass is 327 g/mol. The lowest BCUT2D eigenvalue weighted by atomic mass is 9.76. The summed E-state index contributed by atoms with van der Waals surface area (Å²) < 4.78 is 26.5. The van der Waals surface area contributed by atoms with E-state index in [0.29, 0.717) is 11.6 Å². The molecule has 0 unspecified atom stereocenters. The molecular weight excluding hydrogens is 315 g/mol. The van der Waals surface area contributed by atoms with E-state index in [1.807, 2.05) is 6.07 Å². The Bertz CT molecular complexity index is 646. The van der Waals surface area contributed by atoms with Crippen LogP contribution in [0.5, 0.6) is 0 Å². The van der Waals surface area contributed by atoms with Gasteiger partial charge in [0.25, 0.3) is 0 Å². The maximum absolute atomic E-state index is 13.3. The van der Waals surface area contributed by atoms with Crippen LogP contribution in [-0.2, 0) is 0 Å². The number of nitrogens with one attached hydrogen (secondary N) is 1. The summed E-state index contributed by atoms with van der Waals surface area (Å²) in [5, 5.41) is 3.28. The molecule has 110 valence electrons. The summed E-state index contributed by atoms with van der Waals surface area (Å²) in [6.45, 7) is 0. The second-order valence-electron chi connectivity index (χ2n) is 5.32. The van der Waals surface area contributed by atoms with Gasteiger partial charge in [0.15, 0.2) is 5.82 Å². The molecule has 1 aliphatic carbocycles. The van der Waals surface area contributed by atoms with E-state index < -0.39 is 5.82 Å². The maximum atomic E-state index is 13.3. The van der Waals surface area contributed by atoms with Gasteiger partial charge in [-0.3, -0.25) is 0 Å². The lowest BCUT2D eigenvalue weighted by Crippen LogP contribution is -2.34. The van der Waals surface area contributed by atoms with E-state index in [1.165, 1.54) is 18.2 Å². The number of hydrogen-bond donors (Lipinski definition) is 1. The van der Waals surface area contributed by atoms with Gasteiger partial charge >= 0.3 is 0 Å². The first-order chi connectivity index (χ1) is 10.0.